The van der Waals surface area contributed by atoms with Gasteiger partial charge >= 0.3 is 5.97 Å². The molecule has 1 aromatic carbocycles. The summed E-state index contributed by atoms with van der Waals surface area (Å²) in [5, 5.41) is 12.1. The van der Waals surface area contributed by atoms with Crippen LogP contribution in [0.25, 0.3) is 6.08 Å². The van der Waals surface area contributed by atoms with Crippen molar-refractivity contribution in [3.63, 3.8) is 0 Å². The second-order valence-electron chi connectivity index (χ2n) is 4.24. The highest BCUT2D eigenvalue weighted by Gasteiger charge is 2.02. The molecule has 0 aliphatic carbocycles. The van der Waals surface area contributed by atoms with Gasteiger partial charge in [-0.2, -0.15) is 0 Å². The Bertz CT molecular complexity index is 525. The first kappa shape index (κ1) is 16.6. The average Bonchev–Trinajstić information content (AvgIpc) is 2.50. The number of carbonyl (C=O) groups is 2. The zero-order valence-corrected chi connectivity index (χ0v) is 12.1. The summed E-state index contributed by atoms with van der Waals surface area (Å²) in [6, 6.07) is 4.78. The standard InChI is InChI=1S/C15H19NO5/c1-20-13-10-11(5-7-12(13)17)6-8-14(18)16-9-3-4-15(19)21-2/h5-8,10,17H,3-4,9H2,1-2H3,(H,16,18)/b8-6-. The third-order valence-electron chi connectivity index (χ3n) is 2.72. The van der Waals surface area contributed by atoms with Crippen molar-refractivity contribution in [1.82, 2.24) is 5.32 Å². The molecule has 0 unspecified atom stereocenters. The van der Waals surface area contributed by atoms with Gasteiger partial charge in [0.15, 0.2) is 11.5 Å². The Labute approximate surface area is 123 Å². The van der Waals surface area contributed by atoms with E-state index in [1.807, 2.05) is 0 Å². The van der Waals surface area contributed by atoms with Crippen molar-refractivity contribution in [3.05, 3.63) is 29.8 Å². The zero-order chi connectivity index (χ0) is 15.7. The number of rotatable bonds is 7. The molecule has 0 aliphatic heterocycles. The first-order valence-electron chi connectivity index (χ1n) is 6.46. The molecule has 0 aromatic heterocycles. The molecule has 0 saturated heterocycles. The molecule has 114 valence electrons. The maximum absolute atomic E-state index is 11.6. The van der Waals surface area contributed by atoms with Crippen LogP contribution in [0.1, 0.15) is 18.4 Å². The van der Waals surface area contributed by atoms with Crippen molar-refractivity contribution >= 4 is 18.0 Å². The number of benzene rings is 1. The molecule has 0 heterocycles. The number of phenolic OH excluding ortho intramolecular Hbond substituents is 1. The van der Waals surface area contributed by atoms with Gasteiger partial charge < -0.3 is 19.9 Å². The van der Waals surface area contributed by atoms with Gasteiger partial charge in [0, 0.05) is 19.0 Å². The second-order valence-corrected chi connectivity index (χ2v) is 4.24. The highest BCUT2D eigenvalue weighted by molar-refractivity contribution is 5.91. The van der Waals surface area contributed by atoms with Crippen LogP contribution in [0.4, 0.5) is 0 Å². The zero-order valence-electron chi connectivity index (χ0n) is 12.1. The van der Waals surface area contributed by atoms with E-state index in [1.165, 1.54) is 26.4 Å². The number of hydrogen-bond donors (Lipinski definition) is 2. The summed E-state index contributed by atoms with van der Waals surface area (Å²) in [6.07, 6.45) is 3.79. The van der Waals surface area contributed by atoms with Gasteiger partial charge in [-0.05, 0) is 30.2 Å². The number of methoxy groups -OCH3 is 2. The summed E-state index contributed by atoms with van der Waals surface area (Å²) in [6.45, 7) is 0.400. The maximum Gasteiger partial charge on any atom is 0.305 e. The lowest BCUT2D eigenvalue weighted by molar-refractivity contribution is -0.140. The van der Waals surface area contributed by atoms with Crippen LogP contribution in [0.15, 0.2) is 24.3 Å². The van der Waals surface area contributed by atoms with Crippen LogP contribution in [0.5, 0.6) is 11.5 Å². The lowest BCUT2D eigenvalue weighted by atomic mass is 10.2. The smallest absolute Gasteiger partial charge is 0.305 e. The molecule has 0 saturated carbocycles. The van der Waals surface area contributed by atoms with Gasteiger partial charge in [0.2, 0.25) is 5.91 Å². The molecule has 0 fully saturated rings. The van der Waals surface area contributed by atoms with E-state index in [4.69, 9.17) is 4.74 Å². The van der Waals surface area contributed by atoms with Crippen LogP contribution in [0, 0.1) is 0 Å². The molecule has 0 bridgehead atoms. The van der Waals surface area contributed by atoms with E-state index in [0.717, 1.165) is 5.56 Å². The lowest BCUT2D eigenvalue weighted by Crippen LogP contribution is -2.22. The fourth-order valence-corrected chi connectivity index (χ4v) is 1.58. The van der Waals surface area contributed by atoms with Crippen LogP contribution in [0.2, 0.25) is 0 Å². The number of hydrogen-bond acceptors (Lipinski definition) is 5. The first-order chi connectivity index (χ1) is 10.1. The van der Waals surface area contributed by atoms with E-state index in [-0.39, 0.29) is 24.0 Å². The van der Waals surface area contributed by atoms with Crippen LogP contribution in [-0.4, -0.2) is 37.7 Å². The van der Waals surface area contributed by atoms with Gasteiger partial charge in [-0.1, -0.05) is 6.07 Å². The quantitative estimate of drug-likeness (QED) is 0.452. The molecule has 6 nitrogen and oxygen atoms in total. The molecule has 0 aliphatic rings. The summed E-state index contributed by atoms with van der Waals surface area (Å²) in [4.78, 5) is 22.4. The molecule has 2 N–H and O–H groups in total. The minimum absolute atomic E-state index is 0.0434. The van der Waals surface area contributed by atoms with Crippen molar-refractivity contribution in [2.24, 2.45) is 0 Å². The molecule has 0 spiro atoms. The Morgan fingerprint density at radius 1 is 1.33 bits per heavy atom. The second kappa shape index (κ2) is 8.63. The number of esters is 1. The van der Waals surface area contributed by atoms with Crippen LogP contribution in [0.3, 0.4) is 0 Å². The lowest BCUT2D eigenvalue weighted by Gasteiger charge is -2.04. The molecule has 6 heteroatoms. The van der Waals surface area contributed by atoms with Gasteiger partial charge in [0.1, 0.15) is 0 Å². The van der Waals surface area contributed by atoms with Gasteiger partial charge in [0.05, 0.1) is 14.2 Å². The molecule has 1 rings (SSSR count). The van der Waals surface area contributed by atoms with Crippen LogP contribution in [-0.2, 0) is 14.3 Å². The van der Waals surface area contributed by atoms with Crippen molar-refractivity contribution in [1.29, 1.82) is 0 Å². The molecule has 1 aromatic rings. The minimum Gasteiger partial charge on any atom is -0.504 e. The van der Waals surface area contributed by atoms with Crippen molar-refractivity contribution in [2.75, 3.05) is 20.8 Å². The Kier molecular flexibility index (Phi) is 6.80. The molecular weight excluding hydrogens is 274 g/mol. The highest BCUT2D eigenvalue weighted by Crippen LogP contribution is 2.26. The first-order valence-corrected chi connectivity index (χ1v) is 6.46. The third kappa shape index (κ3) is 5.99. The summed E-state index contributed by atoms with van der Waals surface area (Å²) in [5.41, 5.74) is 0.731. The fourth-order valence-electron chi connectivity index (χ4n) is 1.58. The minimum atomic E-state index is -0.295. The summed E-state index contributed by atoms with van der Waals surface area (Å²) in [7, 11) is 2.78. The number of ether oxygens (including phenoxy) is 2. The topological polar surface area (TPSA) is 84.9 Å². The number of aromatic hydroxyl groups is 1. The van der Waals surface area contributed by atoms with Crippen molar-refractivity contribution < 1.29 is 24.2 Å². The molecule has 21 heavy (non-hydrogen) atoms. The van der Waals surface area contributed by atoms with E-state index in [9.17, 15) is 14.7 Å². The van der Waals surface area contributed by atoms with E-state index >= 15 is 0 Å². The van der Waals surface area contributed by atoms with Gasteiger partial charge in [0.25, 0.3) is 0 Å². The van der Waals surface area contributed by atoms with Gasteiger partial charge in [-0.15, -0.1) is 0 Å². The SMILES string of the molecule is COC(=O)CCCNC(=O)/C=C\c1ccc(O)c(OC)c1. The highest BCUT2D eigenvalue weighted by atomic mass is 16.5. The van der Waals surface area contributed by atoms with E-state index in [0.29, 0.717) is 18.7 Å². The Balaban J connectivity index is 2.42. The molecule has 1 amide bonds. The molecular formula is C15H19NO5. The summed E-state index contributed by atoms with van der Waals surface area (Å²) < 4.78 is 9.47. The van der Waals surface area contributed by atoms with Crippen molar-refractivity contribution in [3.8, 4) is 11.5 Å². The number of phenols is 1. The normalized spacial score (nSPS) is 10.4. The van der Waals surface area contributed by atoms with Crippen LogP contribution >= 0.6 is 0 Å². The number of nitrogens with one attached hydrogen (secondary N) is 1. The molecule has 0 atom stereocenters. The Morgan fingerprint density at radius 2 is 2.10 bits per heavy atom. The maximum atomic E-state index is 11.6. The van der Waals surface area contributed by atoms with Gasteiger partial charge in [-0.3, -0.25) is 9.59 Å². The largest absolute Gasteiger partial charge is 0.504 e. The van der Waals surface area contributed by atoms with Crippen LogP contribution < -0.4 is 10.1 Å². The fraction of sp³-hybridized carbons (Fsp3) is 0.333. The van der Waals surface area contributed by atoms with Crippen molar-refractivity contribution in [2.45, 2.75) is 12.8 Å². The molecule has 0 radical (unpaired) electrons. The third-order valence-corrected chi connectivity index (χ3v) is 2.72. The van der Waals surface area contributed by atoms with E-state index < -0.39 is 0 Å². The predicted octanol–water partition coefficient (Wildman–Crippen LogP) is 1.48. The Hall–Kier alpha value is -2.50. The van der Waals surface area contributed by atoms with E-state index in [1.54, 1.807) is 18.2 Å². The summed E-state index contributed by atoms with van der Waals surface area (Å²) >= 11 is 0. The number of amides is 1. The average molecular weight is 293 g/mol. The Morgan fingerprint density at radius 3 is 2.76 bits per heavy atom. The number of carbonyl (C=O) groups excluding carboxylic acids is 2. The monoisotopic (exact) mass is 293 g/mol. The summed E-state index contributed by atoms with van der Waals surface area (Å²) in [5.74, 6) is -0.166. The predicted molar refractivity (Wildman–Crippen MR) is 78.0 cm³/mol. The van der Waals surface area contributed by atoms with E-state index in [2.05, 4.69) is 10.1 Å². The van der Waals surface area contributed by atoms with Gasteiger partial charge in [-0.25, -0.2) is 0 Å².